The highest BCUT2D eigenvalue weighted by molar-refractivity contribution is 7.14. The van der Waals surface area contributed by atoms with Gasteiger partial charge in [0.1, 0.15) is 0 Å². The predicted molar refractivity (Wildman–Crippen MR) is 121 cm³/mol. The first kappa shape index (κ1) is 21.4. The zero-order valence-corrected chi connectivity index (χ0v) is 18.6. The van der Waals surface area contributed by atoms with Gasteiger partial charge < -0.3 is 10.6 Å². The summed E-state index contributed by atoms with van der Waals surface area (Å²) in [6.07, 6.45) is 5.10. The highest BCUT2D eigenvalue weighted by Crippen LogP contribution is 2.32. The van der Waals surface area contributed by atoms with Gasteiger partial charge in [-0.1, -0.05) is 19.1 Å². The fourth-order valence-corrected chi connectivity index (χ4v) is 4.86. The van der Waals surface area contributed by atoms with Crippen LogP contribution in [0.4, 0.5) is 10.5 Å². The molecular weight excluding hydrogens is 412 g/mol. The fraction of sp³-hybridized carbons (Fsp3) is 0.435. The molecule has 0 aliphatic heterocycles. The van der Waals surface area contributed by atoms with Gasteiger partial charge in [-0.05, 0) is 74.3 Å². The SMILES string of the molecule is CC1CCc2sc(C(=O)NNC(=O)NC(C)c3ccc(NC(=O)C4CC4)cc3)cc2C1. The summed E-state index contributed by atoms with van der Waals surface area (Å²) >= 11 is 1.51. The van der Waals surface area contributed by atoms with E-state index in [0.29, 0.717) is 10.8 Å². The van der Waals surface area contributed by atoms with Gasteiger partial charge >= 0.3 is 6.03 Å². The first-order valence-electron chi connectivity index (χ1n) is 10.8. The topological polar surface area (TPSA) is 99.3 Å². The number of benzene rings is 1. The standard InChI is InChI=1S/C23H28N4O3S/c1-13-3-10-19-17(11-13)12-20(31-19)22(29)26-27-23(30)24-14(2)15-6-8-18(9-7-15)25-21(28)16-4-5-16/h6-9,12-14,16H,3-5,10-11H2,1-2H3,(H,25,28)(H,26,29)(H2,24,27,30). The molecule has 4 N–H and O–H groups in total. The minimum Gasteiger partial charge on any atom is -0.330 e. The Labute approximate surface area is 186 Å². The van der Waals surface area contributed by atoms with Gasteiger partial charge in [0, 0.05) is 16.5 Å². The van der Waals surface area contributed by atoms with Crippen LogP contribution in [0.25, 0.3) is 0 Å². The van der Waals surface area contributed by atoms with E-state index in [1.54, 1.807) is 0 Å². The molecule has 0 spiro atoms. The molecule has 1 fully saturated rings. The summed E-state index contributed by atoms with van der Waals surface area (Å²) in [5.74, 6) is 0.565. The van der Waals surface area contributed by atoms with Crippen LogP contribution < -0.4 is 21.5 Å². The summed E-state index contributed by atoms with van der Waals surface area (Å²) in [7, 11) is 0. The molecule has 8 heteroatoms. The van der Waals surface area contributed by atoms with E-state index < -0.39 is 6.03 Å². The zero-order valence-electron chi connectivity index (χ0n) is 17.8. The Bertz CT molecular complexity index is 981. The van der Waals surface area contributed by atoms with Crippen LogP contribution in [0, 0.1) is 11.8 Å². The molecule has 164 valence electrons. The molecule has 2 atom stereocenters. The van der Waals surface area contributed by atoms with Crippen LogP contribution in [0.3, 0.4) is 0 Å². The highest BCUT2D eigenvalue weighted by atomic mass is 32.1. The quantitative estimate of drug-likeness (QED) is 0.530. The van der Waals surface area contributed by atoms with Crippen molar-refractivity contribution in [2.45, 2.75) is 52.0 Å². The number of nitrogens with one attached hydrogen (secondary N) is 4. The van der Waals surface area contributed by atoms with E-state index >= 15 is 0 Å². The Morgan fingerprint density at radius 1 is 1.06 bits per heavy atom. The summed E-state index contributed by atoms with van der Waals surface area (Å²) in [5, 5.41) is 5.69. The van der Waals surface area contributed by atoms with E-state index in [2.05, 4.69) is 28.4 Å². The van der Waals surface area contributed by atoms with E-state index in [-0.39, 0.29) is 23.8 Å². The number of amides is 4. The predicted octanol–water partition coefficient (Wildman–Crippen LogP) is 3.93. The van der Waals surface area contributed by atoms with Crippen molar-refractivity contribution in [2.75, 3.05) is 5.32 Å². The molecular formula is C23H28N4O3S. The van der Waals surface area contributed by atoms with Crippen molar-refractivity contribution in [2.24, 2.45) is 11.8 Å². The average molecular weight is 441 g/mol. The lowest BCUT2D eigenvalue weighted by atomic mass is 9.90. The molecule has 1 aromatic heterocycles. The van der Waals surface area contributed by atoms with Gasteiger partial charge in [0.2, 0.25) is 5.91 Å². The summed E-state index contributed by atoms with van der Waals surface area (Å²) in [6.45, 7) is 4.08. The highest BCUT2D eigenvalue weighted by Gasteiger charge is 2.29. The molecule has 4 rings (SSSR count). The zero-order chi connectivity index (χ0) is 22.0. The molecule has 0 bridgehead atoms. The van der Waals surface area contributed by atoms with Gasteiger partial charge in [0.15, 0.2) is 0 Å². The van der Waals surface area contributed by atoms with Crippen molar-refractivity contribution in [3.05, 3.63) is 51.2 Å². The molecule has 7 nitrogen and oxygen atoms in total. The lowest BCUT2D eigenvalue weighted by Crippen LogP contribution is -2.47. The van der Waals surface area contributed by atoms with Gasteiger partial charge in [-0.3, -0.25) is 15.0 Å². The first-order valence-corrected chi connectivity index (χ1v) is 11.6. The van der Waals surface area contributed by atoms with Crippen molar-refractivity contribution in [3.63, 3.8) is 0 Å². The van der Waals surface area contributed by atoms with Gasteiger partial charge in [0.05, 0.1) is 10.9 Å². The van der Waals surface area contributed by atoms with Gasteiger partial charge in [-0.25, -0.2) is 10.2 Å². The molecule has 2 aromatic rings. The molecule has 2 unspecified atom stereocenters. The minimum absolute atomic E-state index is 0.0650. The maximum atomic E-state index is 12.4. The van der Waals surface area contributed by atoms with Crippen LogP contribution >= 0.6 is 11.3 Å². The lowest BCUT2D eigenvalue weighted by molar-refractivity contribution is -0.117. The Kier molecular flexibility index (Phi) is 6.27. The van der Waals surface area contributed by atoms with Crippen LogP contribution in [-0.2, 0) is 17.6 Å². The number of carbonyl (C=O) groups excluding carboxylic acids is 3. The second kappa shape index (κ2) is 9.09. The number of fused-ring (bicyclic) bond motifs is 1. The number of aryl methyl sites for hydroxylation is 1. The van der Waals surface area contributed by atoms with Gasteiger partial charge in [-0.2, -0.15) is 0 Å². The molecule has 0 saturated heterocycles. The van der Waals surface area contributed by atoms with Crippen LogP contribution in [0.15, 0.2) is 30.3 Å². The second-order valence-electron chi connectivity index (χ2n) is 8.57. The largest absolute Gasteiger partial charge is 0.333 e. The molecule has 2 aliphatic rings. The maximum Gasteiger partial charge on any atom is 0.333 e. The molecule has 1 aromatic carbocycles. The van der Waals surface area contributed by atoms with Gasteiger partial charge in [0.25, 0.3) is 5.91 Å². The van der Waals surface area contributed by atoms with E-state index in [4.69, 9.17) is 0 Å². The van der Waals surface area contributed by atoms with E-state index in [0.717, 1.165) is 43.4 Å². The smallest absolute Gasteiger partial charge is 0.330 e. The third-order valence-corrected chi connectivity index (χ3v) is 7.05. The van der Waals surface area contributed by atoms with Crippen LogP contribution in [-0.4, -0.2) is 17.8 Å². The Morgan fingerprint density at radius 3 is 2.52 bits per heavy atom. The lowest BCUT2D eigenvalue weighted by Gasteiger charge is -2.16. The van der Waals surface area contributed by atoms with Crippen molar-refractivity contribution in [3.8, 4) is 0 Å². The third kappa shape index (κ3) is 5.44. The summed E-state index contributed by atoms with van der Waals surface area (Å²) in [4.78, 5) is 38.3. The normalized spacial score (nSPS) is 18.5. The van der Waals surface area contributed by atoms with Crippen molar-refractivity contribution < 1.29 is 14.4 Å². The number of rotatable bonds is 5. The second-order valence-corrected chi connectivity index (χ2v) is 9.70. The van der Waals surface area contributed by atoms with Crippen LogP contribution in [0.2, 0.25) is 0 Å². The minimum atomic E-state index is -0.484. The van der Waals surface area contributed by atoms with Gasteiger partial charge in [-0.15, -0.1) is 11.3 Å². The maximum absolute atomic E-state index is 12.4. The fourth-order valence-electron chi connectivity index (χ4n) is 3.75. The number of hydrogen-bond donors (Lipinski definition) is 4. The van der Waals surface area contributed by atoms with Crippen LogP contribution in [0.1, 0.15) is 64.8 Å². The summed E-state index contributed by atoms with van der Waals surface area (Å²) in [6, 6.07) is 8.57. The molecule has 1 saturated carbocycles. The number of hydrazine groups is 1. The van der Waals surface area contributed by atoms with E-state index in [9.17, 15) is 14.4 Å². The number of urea groups is 1. The van der Waals surface area contributed by atoms with E-state index in [1.807, 2.05) is 37.3 Å². The molecule has 0 radical (unpaired) electrons. The molecule has 4 amide bonds. The van der Waals surface area contributed by atoms with E-state index in [1.165, 1.54) is 21.8 Å². The number of hydrogen-bond acceptors (Lipinski definition) is 4. The van der Waals surface area contributed by atoms with Crippen molar-refractivity contribution >= 4 is 34.9 Å². The Morgan fingerprint density at radius 2 is 1.81 bits per heavy atom. The number of carbonyl (C=O) groups is 3. The molecule has 2 aliphatic carbocycles. The Balaban J connectivity index is 1.24. The van der Waals surface area contributed by atoms with Crippen LogP contribution in [0.5, 0.6) is 0 Å². The monoisotopic (exact) mass is 440 g/mol. The summed E-state index contributed by atoms with van der Waals surface area (Å²) < 4.78 is 0. The first-order chi connectivity index (χ1) is 14.9. The third-order valence-electron chi connectivity index (χ3n) is 5.82. The number of thiophene rings is 1. The Hall–Kier alpha value is -2.87. The molecule has 1 heterocycles. The number of anilines is 1. The summed E-state index contributed by atoms with van der Waals surface area (Å²) in [5.41, 5.74) is 7.81. The molecule has 31 heavy (non-hydrogen) atoms. The van der Waals surface area contributed by atoms with Crippen molar-refractivity contribution in [1.29, 1.82) is 0 Å². The van der Waals surface area contributed by atoms with Crippen molar-refractivity contribution in [1.82, 2.24) is 16.2 Å². The average Bonchev–Trinajstić information content (AvgIpc) is 3.52.